The molecule has 1 aromatic heterocycles. The Kier molecular flexibility index (Phi) is 9.52. The van der Waals surface area contributed by atoms with Crippen molar-refractivity contribution in [3.05, 3.63) is 156 Å². The molecule has 8 heteroatoms. The topological polar surface area (TPSA) is 26.4 Å². The van der Waals surface area contributed by atoms with Crippen molar-refractivity contribution >= 4 is 34.1 Å². The first kappa shape index (κ1) is 30.5. The fraction of sp³-hybridized carbons (Fsp3) is 0.108. The van der Waals surface area contributed by atoms with Crippen LogP contribution in [0.2, 0.25) is 0 Å². The van der Waals surface area contributed by atoms with Crippen LogP contribution in [-0.4, -0.2) is 35.0 Å². The van der Waals surface area contributed by atoms with E-state index in [1.54, 1.807) is 54.9 Å². The number of aromatic nitrogens is 1. The molecule has 5 aromatic rings. The van der Waals surface area contributed by atoms with Gasteiger partial charge in [0, 0.05) is 21.9 Å². The first-order valence-electron chi connectivity index (χ1n) is 14.4. The van der Waals surface area contributed by atoms with E-state index < -0.39 is 0 Å². The van der Waals surface area contributed by atoms with Crippen LogP contribution < -0.4 is 9.47 Å². The molecule has 226 valence electrons. The average Bonchev–Trinajstić information content (AvgIpc) is 3.62. The van der Waals surface area contributed by atoms with Crippen LogP contribution in [0.1, 0.15) is 11.3 Å². The average molecular weight is 638 g/mol. The second kappa shape index (κ2) is 14.1. The number of benzene rings is 4. The lowest BCUT2D eigenvalue weighted by atomic mass is 10.00. The van der Waals surface area contributed by atoms with Gasteiger partial charge in [-0.25, -0.2) is 8.78 Å². The molecule has 1 aliphatic rings. The Labute approximate surface area is 270 Å². The summed E-state index contributed by atoms with van der Waals surface area (Å²) in [7, 11) is 3.68. The lowest BCUT2D eigenvalue weighted by Gasteiger charge is -2.17. The van der Waals surface area contributed by atoms with Crippen molar-refractivity contribution in [2.75, 3.05) is 20.8 Å². The second-order valence-electron chi connectivity index (χ2n) is 10.2. The summed E-state index contributed by atoms with van der Waals surface area (Å²) in [5.41, 5.74) is 4.19. The predicted octanol–water partition coefficient (Wildman–Crippen LogP) is 9.17. The van der Waals surface area contributed by atoms with Crippen LogP contribution in [0.3, 0.4) is 0 Å². The van der Waals surface area contributed by atoms with Crippen molar-refractivity contribution in [2.24, 2.45) is 0 Å². The maximum absolute atomic E-state index is 13.7. The molecule has 1 aliphatic heterocycles. The SMILES string of the molecule is COc1ccccc1OCCn1c(Sc2ccc(F)cc2)ccc1C(=C1C=CC(Sc2ccc(F)cc2)=[N+]1C)c1ccccc1. The highest BCUT2D eigenvalue weighted by atomic mass is 32.2. The van der Waals surface area contributed by atoms with Crippen molar-refractivity contribution < 1.29 is 22.8 Å². The van der Waals surface area contributed by atoms with Crippen molar-refractivity contribution in [3.8, 4) is 11.5 Å². The molecular formula is C37H31F2N2O2S2+. The fourth-order valence-electron chi connectivity index (χ4n) is 5.10. The minimum atomic E-state index is -0.265. The number of hydrogen-bond acceptors (Lipinski definition) is 4. The summed E-state index contributed by atoms with van der Waals surface area (Å²) in [4.78, 5) is 1.89. The molecule has 4 nitrogen and oxygen atoms in total. The lowest BCUT2D eigenvalue weighted by Crippen LogP contribution is -2.14. The Morgan fingerprint density at radius 2 is 1.33 bits per heavy atom. The van der Waals surface area contributed by atoms with Crippen LogP contribution in [0.25, 0.3) is 5.57 Å². The molecule has 0 saturated carbocycles. The Morgan fingerprint density at radius 3 is 2.00 bits per heavy atom. The Hall–Kier alpha value is -4.53. The van der Waals surface area contributed by atoms with Crippen LogP contribution >= 0.6 is 23.5 Å². The quantitative estimate of drug-likeness (QED) is 0.143. The van der Waals surface area contributed by atoms with E-state index in [0.29, 0.717) is 24.7 Å². The minimum Gasteiger partial charge on any atom is -0.493 e. The van der Waals surface area contributed by atoms with E-state index in [1.807, 2.05) is 42.5 Å². The smallest absolute Gasteiger partial charge is 0.245 e. The maximum Gasteiger partial charge on any atom is 0.245 e. The van der Waals surface area contributed by atoms with Gasteiger partial charge in [-0.05, 0) is 90.1 Å². The number of para-hydroxylation sites is 2. The number of thioether (sulfide) groups is 1. The Morgan fingerprint density at radius 1 is 0.711 bits per heavy atom. The highest BCUT2D eigenvalue weighted by Gasteiger charge is 2.28. The third-order valence-corrected chi connectivity index (χ3v) is 9.51. The van der Waals surface area contributed by atoms with Gasteiger partial charge in [0.05, 0.1) is 29.9 Å². The second-order valence-corrected chi connectivity index (χ2v) is 12.4. The van der Waals surface area contributed by atoms with E-state index in [2.05, 4.69) is 52.6 Å². The highest BCUT2D eigenvalue weighted by molar-refractivity contribution is 8.14. The molecule has 0 fully saturated rings. The first-order valence-corrected chi connectivity index (χ1v) is 16.0. The van der Waals surface area contributed by atoms with Crippen LogP contribution in [0.4, 0.5) is 8.78 Å². The third-order valence-electron chi connectivity index (χ3n) is 7.30. The number of nitrogens with zero attached hydrogens (tertiary/aromatic N) is 2. The molecule has 0 saturated heterocycles. The molecule has 0 atom stereocenters. The molecule has 0 N–H and O–H groups in total. The number of methoxy groups -OCH3 is 1. The normalized spacial score (nSPS) is 13.8. The zero-order valence-electron chi connectivity index (χ0n) is 24.8. The molecule has 0 bridgehead atoms. The summed E-state index contributed by atoms with van der Waals surface area (Å²) in [6.07, 6.45) is 4.22. The van der Waals surface area contributed by atoms with Gasteiger partial charge in [0.1, 0.15) is 25.3 Å². The van der Waals surface area contributed by atoms with Gasteiger partial charge in [0.25, 0.3) is 0 Å². The highest BCUT2D eigenvalue weighted by Crippen LogP contribution is 2.37. The standard InChI is InChI=1S/C37H31F2N2O2S2/c1-40-31(20-22-35(40)44-29-16-12-27(38)13-17-29)37(26-8-4-3-5-9-26)32-21-23-36(45-30-18-14-28(39)15-19-30)41(32)24-25-43-34-11-7-6-10-33(34)42-2/h3-23H,24-25H2,1-2H3/q+1. The van der Waals surface area contributed by atoms with E-state index in [-0.39, 0.29) is 11.6 Å². The summed E-state index contributed by atoms with van der Waals surface area (Å²) in [6.45, 7) is 0.960. The molecule has 45 heavy (non-hydrogen) atoms. The van der Waals surface area contributed by atoms with Crippen LogP contribution in [0.15, 0.2) is 148 Å². The summed E-state index contributed by atoms with van der Waals surface area (Å²) in [5, 5.41) is 2.03. The van der Waals surface area contributed by atoms with E-state index in [0.717, 1.165) is 42.4 Å². The zero-order chi connectivity index (χ0) is 31.2. The summed E-state index contributed by atoms with van der Waals surface area (Å²) < 4.78 is 43.4. The number of rotatable bonds is 10. The summed E-state index contributed by atoms with van der Waals surface area (Å²) in [6, 6.07) is 35.3. The van der Waals surface area contributed by atoms with E-state index in [4.69, 9.17) is 9.47 Å². The van der Waals surface area contributed by atoms with Gasteiger partial charge < -0.3 is 14.0 Å². The minimum absolute atomic E-state index is 0.253. The molecule has 6 rings (SSSR count). The molecule has 0 aliphatic carbocycles. The zero-order valence-corrected chi connectivity index (χ0v) is 26.5. The molecule has 2 heterocycles. The monoisotopic (exact) mass is 637 g/mol. The van der Waals surface area contributed by atoms with Crippen LogP contribution in [0.5, 0.6) is 11.5 Å². The van der Waals surface area contributed by atoms with Crippen molar-refractivity contribution in [3.63, 3.8) is 0 Å². The molecule has 0 amide bonds. The molecule has 4 aromatic carbocycles. The Balaban J connectivity index is 1.42. The summed E-state index contributed by atoms with van der Waals surface area (Å²) >= 11 is 3.17. The van der Waals surface area contributed by atoms with Crippen LogP contribution in [-0.2, 0) is 6.54 Å². The van der Waals surface area contributed by atoms with Crippen molar-refractivity contribution in [1.29, 1.82) is 0 Å². The maximum atomic E-state index is 13.7. The van der Waals surface area contributed by atoms with Gasteiger partial charge in [0.15, 0.2) is 11.5 Å². The van der Waals surface area contributed by atoms with E-state index in [1.165, 1.54) is 24.3 Å². The molecular weight excluding hydrogens is 607 g/mol. The first-order chi connectivity index (χ1) is 22.0. The van der Waals surface area contributed by atoms with Gasteiger partial charge in [-0.15, -0.1) is 0 Å². The van der Waals surface area contributed by atoms with Crippen molar-refractivity contribution in [2.45, 2.75) is 21.4 Å². The van der Waals surface area contributed by atoms with Gasteiger partial charge in [-0.1, -0.05) is 54.2 Å². The third kappa shape index (κ3) is 7.08. The van der Waals surface area contributed by atoms with Crippen LogP contribution in [0, 0.1) is 11.6 Å². The van der Waals surface area contributed by atoms with Gasteiger partial charge in [-0.3, -0.25) is 0 Å². The van der Waals surface area contributed by atoms with Gasteiger partial charge >= 0.3 is 0 Å². The number of halogens is 2. The molecule has 0 unspecified atom stereocenters. The lowest BCUT2D eigenvalue weighted by molar-refractivity contribution is -0.430. The van der Waals surface area contributed by atoms with Crippen molar-refractivity contribution in [1.82, 2.24) is 4.57 Å². The van der Waals surface area contributed by atoms with Gasteiger partial charge in [-0.2, -0.15) is 4.58 Å². The number of allylic oxidation sites excluding steroid dienone is 1. The number of ether oxygens (including phenoxy) is 2. The Bertz CT molecular complexity index is 1880. The summed E-state index contributed by atoms with van der Waals surface area (Å²) in [5.74, 6) is 0.839. The van der Waals surface area contributed by atoms with E-state index in [9.17, 15) is 8.78 Å². The largest absolute Gasteiger partial charge is 0.493 e. The number of likely N-dealkylation sites (N-methyl/N-ethyl adjacent to an activating group) is 1. The molecule has 0 radical (unpaired) electrons. The number of hydrogen-bond donors (Lipinski definition) is 0. The van der Waals surface area contributed by atoms with E-state index >= 15 is 0 Å². The van der Waals surface area contributed by atoms with Gasteiger partial charge in [0.2, 0.25) is 10.7 Å². The molecule has 0 spiro atoms. The fourth-order valence-corrected chi connectivity index (χ4v) is 6.93. The predicted molar refractivity (Wildman–Crippen MR) is 178 cm³/mol.